The fourth-order valence-corrected chi connectivity index (χ4v) is 7.39. The first-order valence-electron chi connectivity index (χ1n) is 15.6. The van der Waals surface area contributed by atoms with Crippen molar-refractivity contribution < 1.29 is 4.42 Å². The average molecular weight is 578 g/mol. The SMILES string of the molecule is CC1(C)c2ccccc2-c2cc(N(c3ccc(-c4ccccc4)cc3)c3cccc4oc5cc6ccccc6cc5c34)ccc21. The summed E-state index contributed by atoms with van der Waals surface area (Å²) < 4.78 is 6.52. The summed E-state index contributed by atoms with van der Waals surface area (Å²) in [7, 11) is 0. The van der Waals surface area contributed by atoms with Gasteiger partial charge >= 0.3 is 0 Å². The van der Waals surface area contributed by atoms with E-state index in [0.717, 1.165) is 39.0 Å². The molecule has 45 heavy (non-hydrogen) atoms. The van der Waals surface area contributed by atoms with Gasteiger partial charge in [0.2, 0.25) is 0 Å². The largest absolute Gasteiger partial charge is 0.456 e. The number of benzene rings is 7. The maximum Gasteiger partial charge on any atom is 0.137 e. The summed E-state index contributed by atoms with van der Waals surface area (Å²) in [5, 5.41) is 4.63. The van der Waals surface area contributed by atoms with Crippen molar-refractivity contribution in [2.45, 2.75) is 19.3 Å². The van der Waals surface area contributed by atoms with E-state index in [1.54, 1.807) is 0 Å². The van der Waals surface area contributed by atoms with Crippen molar-refractivity contribution >= 4 is 49.8 Å². The van der Waals surface area contributed by atoms with Crippen LogP contribution >= 0.6 is 0 Å². The van der Waals surface area contributed by atoms with Gasteiger partial charge in [-0.1, -0.05) is 117 Å². The van der Waals surface area contributed by atoms with E-state index in [0.29, 0.717) is 0 Å². The normalized spacial score (nSPS) is 13.3. The summed E-state index contributed by atoms with van der Waals surface area (Å²) in [6.45, 7) is 4.67. The van der Waals surface area contributed by atoms with E-state index in [1.807, 2.05) is 0 Å². The highest BCUT2D eigenvalue weighted by Gasteiger charge is 2.35. The Labute approximate surface area is 262 Å². The minimum absolute atomic E-state index is 0.0472. The third kappa shape index (κ3) is 3.96. The van der Waals surface area contributed by atoms with Gasteiger partial charge in [-0.25, -0.2) is 0 Å². The van der Waals surface area contributed by atoms with Crippen LogP contribution < -0.4 is 4.90 Å². The van der Waals surface area contributed by atoms with Gasteiger partial charge in [0.1, 0.15) is 11.2 Å². The molecule has 0 aliphatic heterocycles. The molecule has 7 aromatic carbocycles. The predicted molar refractivity (Wildman–Crippen MR) is 189 cm³/mol. The monoisotopic (exact) mass is 577 g/mol. The average Bonchev–Trinajstić information content (AvgIpc) is 3.56. The van der Waals surface area contributed by atoms with Crippen molar-refractivity contribution in [2.24, 2.45) is 0 Å². The van der Waals surface area contributed by atoms with Gasteiger partial charge in [-0.3, -0.25) is 0 Å². The Hall–Kier alpha value is -5.60. The molecule has 1 aliphatic carbocycles. The highest BCUT2D eigenvalue weighted by atomic mass is 16.3. The summed E-state index contributed by atoms with van der Waals surface area (Å²) in [6.07, 6.45) is 0. The Bertz CT molecular complexity index is 2400. The molecular formula is C43H31NO. The maximum atomic E-state index is 6.52. The van der Waals surface area contributed by atoms with E-state index in [2.05, 4.69) is 170 Å². The Balaban J connectivity index is 1.30. The van der Waals surface area contributed by atoms with E-state index in [1.165, 1.54) is 44.2 Å². The number of fused-ring (bicyclic) bond motifs is 7. The van der Waals surface area contributed by atoms with Crippen LogP contribution in [0.15, 0.2) is 156 Å². The lowest BCUT2D eigenvalue weighted by atomic mass is 9.82. The second-order valence-corrected chi connectivity index (χ2v) is 12.6. The molecule has 0 saturated heterocycles. The number of hydrogen-bond donors (Lipinski definition) is 0. The minimum atomic E-state index is -0.0472. The summed E-state index contributed by atoms with van der Waals surface area (Å²) in [4.78, 5) is 2.40. The summed E-state index contributed by atoms with van der Waals surface area (Å²) >= 11 is 0. The lowest BCUT2D eigenvalue weighted by Gasteiger charge is -2.28. The Kier molecular flexibility index (Phi) is 5.58. The third-order valence-electron chi connectivity index (χ3n) is 9.64. The molecule has 8 aromatic rings. The number of anilines is 3. The minimum Gasteiger partial charge on any atom is -0.456 e. The van der Waals surface area contributed by atoms with Crippen LogP contribution in [0.4, 0.5) is 17.1 Å². The van der Waals surface area contributed by atoms with Crippen LogP contribution in [0.2, 0.25) is 0 Å². The third-order valence-corrected chi connectivity index (χ3v) is 9.64. The molecule has 0 amide bonds. The zero-order valence-electron chi connectivity index (χ0n) is 25.3. The van der Waals surface area contributed by atoms with Gasteiger partial charge in [0.05, 0.1) is 11.1 Å². The molecule has 1 heterocycles. The number of nitrogens with zero attached hydrogens (tertiary/aromatic N) is 1. The molecule has 0 N–H and O–H groups in total. The van der Waals surface area contributed by atoms with Gasteiger partial charge in [0.25, 0.3) is 0 Å². The van der Waals surface area contributed by atoms with Crippen molar-refractivity contribution in [1.82, 2.24) is 0 Å². The van der Waals surface area contributed by atoms with Crippen LogP contribution in [0.3, 0.4) is 0 Å². The number of furan rings is 1. The Morgan fingerprint density at radius 3 is 1.98 bits per heavy atom. The molecule has 0 spiro atoms. The van der Waals surface area contributed by atoms with Gasteiger partial charge in [0.15, 0.2) is 0 Å². The van der Waals surface area contributed by atoms with E-state index in [-0.39, 0.29) is 5.41 Å². The molecule has 0 unspecified atom stereocenters. The fraction of sp³-hybridized carbons (Fsp3) is 0.0698. The Morgan fingerprint density at radius 1 is 0.489 bits per heavy atom. The van der Waals surface area contributed by atoms with E-state index in [4.69, 9.17) is 4.42 Å². The first-order valence-corrected chi connectivity index (χ1v) is 15.6. The van der Waals surface area contributed by atoms with E-state index >= 15 is 0 Å². The second-order valence-electron chi connectivity index (χ2n) is 12.6. The molecule has 0 saturated carbocycles. The zero-order valence-corrected chi connectivity index (χ0v) is 25.3. The van der Waals surface area contributed by atoms with Crippen LogP contribution in [0, 0.1) is 0 Å². The molecule has 0 radical (unpaired) electrons. The fourth-order valence-electron chi connectivity index (χ4n) is 7.39. The number of hydrogen-bond acceptors (Lipinski definition) is 2. The molecule has 1 aromatic heterocycles. The van der Waals surface area contributed by atoms with Crippen molar-refractivity contribution in [1.29, 1.82) is 0 Å². The van der Waals surface area contributed by atoms with Crippen LogP contribution in [0.25, 0.3) is 55.0 Å². The molecule has 0 atom stereocenters. The van der Waals surface area contributed by atoms with Crippen LogP contribution in [-0.4, -0.2) is 0 Å². The molecule has 9 rings (SSSR count). The first kappa shape index (κ1) is 25.9. The predicted octanol–water partition coefficient (Wildman–Crippen LogP) is 12.2. The van der Waals surface area contributed by atoms with Crippen molar-refractivity contribution in [3.63, 3.8) is 0 Å². The molecule has 2 nitrogen and oxygen atoms in total. The standard InChI is InChI=1S/C43H31NO/c1-43(2)37-16-9-8-15-34(37)35-27-33(23-24-38(35)43)44(32-21-19-29(20-22-32)28-11-4-3-5-12-28)39-17-10-18-40-42(39)36-25-30-13-6-7-14-31(30)26-41(36)45-40/h3-27H,1-2H3. The zero-order chi connectivity index (χ0) is 30.1. The smallest absolute Gasteiger partial charge is 0.137 e. The molecule has 0 fully saturated rings. The van der Waals surface area contributed by atoms with Crippen molar-refractivity contribution in [2.75, 3.05) is 4.90 Å². The van der Waals surface area contributed by atoms with Crippen molar-refractivity contribution in [3.05, 3.63) is 163 Å². The second kappa shape index (κ2) is 9.70. The molecular weight excluding hydrogens is 546 g/mol. The summed E-state index contributed by atoms with van der Waals surface area (Å²) in [6, 6.07) is 54.7. The summed E-state index contributed by atoms with van der Waals surface area (Å²) in [5.41, 5.74) is 12.8. The number of rotatable bonds is 4. The summed E-state index contributed by atoms with van der Waals surface area (Å²) in [5.74, 6) is 0. The van der Waals surface area contributed by atoms with Crippen LogP contribution in [0.5, 0.6) is 0 Å². The highest BCUT2D eigenvalue weighted by molar-refractivity contribution is 6.16. The van der Waals surface area contributed by atoms with Crippen molar-refractivity contribution in [3.8, 4) is 22.3 Å². The van der Waals surface area contributed by atoms with E-state index in [9.17, 15) is 0 Å². The van der Waals surface area contributed by atoms with Crippen LogP contribution in [-0.2, 0) is 5.41 Å². The maximum absolute atomic E-state index is 6.52. The first-order chi connectivity index (χ1) is 22.1. The van der Waals surface area contributed by atoms with Gasteiger partial charge in [-0.05, 0) is 92.7 Å². The van der Waals surface area contributed by atoms with Gasteiger partial charge in [0, 0.05) is 22.2 Å². The lowest BCUT2D eigenvalue weighted by Crippen LogP contribution is -2.15. The van der Waals surface area contributed by atoms with Crippen LogP contribution in [0.1, 0.15) is 25.0 Å². The van der Waals surface area contributed by atoms with Gasteiger partial charge in [-0.2, -0.15) is 0 Å². The van der Waals surface area contributed by atoms with E-state index < -0.39 is 0 Å². The molecule has 0 bridgehead atoms. The molecule has 1 aliphatic rings. The highest BCUT2D eigenvalue weighted by Crippen LogP contribution is 2.51. The molecule has 2 heteroatoms. The van der Waals surface area contributed by atoms with Gasteiger partial charge < -0.3 is 9.32 Å². The van der Waals surface area contributed by atoms with Gasteiger partial charge in [-0.15, -0.1) is 0 Å². The Morgan fingerprint density at radius 2 is 1.16 bits per heavy atom. The topological polar surface area (TPSA) is 16.4 Å². The lowest BCUT2D eigenvalue weighted by molar-refractivity contribution is 0.660. The molecule has 214 valence electrons. The quantitative estimate of drug-likeness (QED) is 0.207.